The first-order valence-corrected chi connectivity index (χ1v) is 4.48. The van der Waals surface area contributed by atoms with Gasteiger partial charge in [-0.2, -0.15) is 0 Å². The van der Waals surface area contributed by atoms with Crippen molar-refractivity contribution in [3.05, 3.63) is 24.1 Å². The molecule has 68 valence electrons. The summed E-state index contributed by atoms with van der Waals surface area (Å²) in [5.74, 6) is 0.295. The molecule has 5 heteroatoms. The van der Waals surface area contributed by atoms with Crippen molar-refractivity contribution in [2.75, 3.05) is 5.73 Å². The first-order valence-electron chi connectivity index (χ1n) is 3.61. The lowest BCUT2D eigenvalue weighted by atomic mass is 10.3. The van der Waals surface area contributed by atoms with Crippen molar-refractivity contribution in [3.63, 3.8) is 0 Å². The molecule has 2 N–H and O–H groups in total. The van der Waals surface area contributed by atoms with Crippen LogP contribution in [0.2, 0.25) is 0 Å². The van der Waals surface area contributed by atoms with E-state index in [4.69, 9.17) is 33.4 Å². The number of alkyl halides is 2. The second kappa shape index (κ2) is 3.09. The van der Waals surface area contributed by atoms with Gasteiger partial charge < -0.3 is 10.2 Å². The summed E-state index contributed by atoms with van der Waals surface area (Å²) in [4.78, 5) is 3.33. The van der Waals surface area contributed by atoms with E-state index >= 15 is 0 Å². The van der Waals surface area contributed by atoms with E-state index < -0.39 is 4.84 Å². The Kier molecular flexibility index (Phi) is 2.06. The molecule has 0 aliphatic carbocycles. The number of hydrogen-bond acceptors (Lipinski definition) is 3. The van der Waals surface area contributed by atoms with Gasteiger partial charge in [0.15, 0.2) is 10.4 Å². The topological polar surface area (TPSA) is 52.0 Å². The number of halogens is 2. The van der Waals surface area contributed by atoms with Crippen LogP contribution in [-0.4, -0.2) is 4.98 Å². The summed E-state index contributed by atoms with van der Waals surface area (Å²) in [7, 11) is 0. The van der Waals surface area contributed by atoms with Crippen LogP contribution in [0.15, 0.2) is 22.6 Å². The zero-order valence-electron chi connectivity index (χ0n) is 6.50. The lowest BCUT2D eigenvalue weighted by Gasteiger charge is -1.89. The number of nitrogens with two attached hydrogens (primary N) is 1. The maximum Gasteiger partial charge on any atom is 0.228 e. The molecule has 0 fully saturated rings. The van der Waals surface area contributed by atoms with Crippen molar-refractivity contribution >= 4 is 40.0 Å². The Hall–Kier alpha value is -0.930. The smallest absolute Gasteiger partial charge is 0.228 e. The second-order valence-corrected chi connectivity index (χ2v) is 3.68. The van der Waals surface area contributed by atoms with Crippen LogP contribution in [0.5, 0.6) is 0 Å². The highest BCUT2D eigenvalue weighted by atomic mass is 35.5. The molecule has 2 rings (SSSR count). The molecule has 13 heavy (non-hydrogen) atoms. The first kappa shape index (κ1) is 8.66. The highest BCUT2D eigenvalue weighted by molar-refractivity contribution is 6.43. The maximum atomic E-state index is 5.59. The van der Waals surface area contributed by atoms with Gasteiger partial charge in [0.05, 0.1) is 0 Å². The van der Waals surface area contributed by atoms with E-state index in [0.717, 1.165) is 0 Å². The third-order valence-electron chi connectivity index (χ3n) is 1.62. The highest BCUT2D eigenvalue weighted by Crippen LogP contribution is 2.27. The number of aromatic nitrogens is 1. The van der Waals surface area contributed by atoms with Gasteiger partial charge in [0.2, 0.25) is 5.89 Å². The largest absolute Gasteiger partial charge is 0.438 e. The Balaban J connectivity index is 2.62. The van der Waals surface area contributed by atoms with Gasteiger partial charge in [0.1, 0.15) is 5.52 Å². The minimum atomic E-state index is -0.742. The van der Waals surface area contributed by atoms with E-state index in [9.17, 15) is 0 Å². The third kappa shape index (κ3) is 1.57. The quantitative estimate of drug-likeness (QED) is 0.590. The predicted octanol–water partition coefficient (Wildman–Crippen LogP) is 2.89. The van der Waals surface area contributed by atoms with E-state index in [-0.39, 0.29) is 0 Å². The predicted molar refractivity (Wildman–Crippen MR) is 52.9 cm³/mol. The number of rotatable bonds is 1. The Labute approximate surface area is 84.4 Å². The van der Waals surface area contributed by atoms with Gasteiger partial charge in [-0.1, -0.05) is 23.2 Å². The summed E-state index contributed by atoms with van der Waals surface area (Å²) < 4.78 is 5.26. The summed E-state index contributed by atoms with van der Waals surface area (Å²) >= 11 is 11.2. The van der Waals surface area contributed by atoms with Gasteiger partial charge in [0.25, 0.3) is 0 Å². The normalized spacial score (nSPS) is 11.3. The maximum absolute atomic E-state index is 5.59. The Morgan fingerprint density at radius 2 is 2.15 bits per heavy atom. The lowest BCUT2D eigenvalue weighted by molar-refractivity contribution is 0.550. The molecule has 1 aromatic heterocycles. The number of nitrogen functional groups attached to an aromatic ring is 1. The van der Waals surface area contributed by atoms with Crippen LogP contribution >= 0.6 is 23.2 Å². The number of benzene rings is 1. The van der Waals surface area contributed by atoms with Gasteiger partial charge in [-0.15, -0.1) is 0 Å². The lowest BCUT2D eigenvalue weighted by Crippen LogP contribution is -1.81. The van der Waals surface area contributed by atoms with Gasteiger partial charge in [-0.3, -0.25) is 0 Å². The fourth-order valence-corrected chi connectivity index (χ4v) is 1.24. The van der Waals surface area contributed by atoms with Gasteiger partial charge in [-0.25, -0.2) is 4.98 Å². The van der Waals surface area contributed by atoms with Crippen LogP contribution in [-0.2, 0) is 0 Å². The molecule has 0 aliphatic rings. The van der Waals surface area contributed by atoms with Crippen LogP contribution in [0.4, 0.5) is 5.69 Å². The molecule has 3 nitrogen and oxygen atoms in total. The molecule has 0 spiro atoms. The van der Waals surface area contributed by atoms with Crippen molar-refractivity contribution in [2.45, 2.75) is 4.84 Å². The molecule has 0 unspecified atom stereocenters. The van der Waals surface area contributed by atoms with Crippen LogP contribution in [0, 0.1) is 0 Å². The first-order chi connectivity index (χ1) is 6.16. The average Bonchev–Trinajstić information content (AvgIpc) is 2.46. The minimum absolute atomic E-state index is 0.295. The van der Waals surface area contributed by atoms with E-state index in [1.165, 1.54) is 0 Å². The molecule has 1 heterocycles. The van der Waals surface area contributed by atoms with Crippen LogP contribution in [0.25, 0.3) is 11.1 Å². The Morgan fingerprint density at radius 3 is 2.85 bits per heavy atom. The summed E-state index contributed by atoms with van der Waals surface area (Å²) in [6.07, 6.45) is 0. The zero-order valence-corrected chi connectivity index (χ0v) is 8.01. The standard InChI is InChI=1S/C8H6Cl2N2O/c9-7(10)8-12-5-2-1-4(11)3-6(5)13-8/h1-3,7H,11H2. The number of hydrogen-bond donors (Lipinski definition) is 1. The number of anilines is 1. The molecular weight excluding hydrogens is 211 g/mol. The molecule has 0 radical (unpaired) electrons. The van der Waals surface area contributed by atoms with E-state index in [1.807, 2.05) is 0 Å². The number of fused-ring (bicyclic) bond motifs is 1. The van der Waals surface area contributed by atoms with Crippen molar-refractivity contribution in [3.8, 4) is 0 Å². The highest BCUT2D eigenvalue weighted by Gasteiger charge is 2.11. The van der Waals surface area contributed by atoms with Gasteiger partial charge in [-0.05, 0) is 12.1 Å². The molecular formula is C8H6Cl2N2O. The Bertz CT molecular complexity index is 439. The molecule has 0 saturated carbocycles. The molecule has 0 bridgehead atoms. The van der Waals surface area contributed by atoms with Crippen molar-refractivity contribution in [1.29, 1.82) is 0 Å². The summed E-state index contributed by atoms with van der Waals surface area (Å²) in [6, 6.07) is 5.18. The van der Waals surface area contributed by atoms with Crippen molar-refractivity contribution in [1.82, 2.24) is 4.98 Å². The zero-order chi connectivity index (χ0) is 9.42. The summed E-state index contributed by atoms with van der Waals surface area (Å²) in [5.41, 5.74) is 7.48. The van der Waals surface area contributed by atoms with Crippen molar-refractivity contribution < 1.29 is 4.42 Å². The van der Waals surface area contributed by atoms with Crippen molar-refractivity contribution in [2.24, 2.45) is 0 Å². The third-order valence-corrected chi connectivity index (χ3v) is 1.99. The monoisotopic (exact) mass is 216 g/mol. The summed E-state index contributed by atoms with van der Waals surface area (Å²) in [6.45, 7) is 0. The van der Waals surface area contributed by atoms with Crippen LogP contribution in [0.3, 0.4) is 0 Å². The van der Waals surface area contributed by atoms with Gasteiger partial charge >= 0.3 is 0 Å². The molecule has 1 aromatic carbocycles. The SMILES string of the molecule is Nc1ccc2nc(C(Cl)Cl)oc2c1. The average molecular weight is 217 g/mol. The van der Waals surface area contributed by atoms with Crippen LogP contribution < -0.4 is 5.73 Å². The van der Waals surface area contributed by atoms with E-state index in [1.54, 1.807) is 18.2 Å². The fraction of sp³-hybridized carbons (Fsp3) is 0.125. The van der Waals surface area contributed by atoms with E-state index in [2.05, 4.69) is 4.98 Å². The molecule has 0 atom stereocenters. The molecule has 0 aliphatic heterocycles. The van der Waals surface area contributed by atoms with E-state index in [0.29, 0.717) is 22.7 Å². The molecule has 0 amide bonds. The number of oxazole rings is 1. The summed E-state index contributed by atoms with van der Waals surface area (Å²) in [5, 5.41) is 0. The van der Waals surface area contributed by atoms with Gasteiger partial charge in [0, 0.05) is 11.8 Å². The minimum Gasteiger partial charge on any atom is -0.438 e. The molecule has 2 aromatic rings. The number of nitrogens with zero attached hydrogens (tertiary/aromatic N) is 1. The Morgan fingerprint density at radius 1 is 1.38 bits per heavy atom. The molecule has 0 saturated heterocycles. The second-order valence-electron chi connectivity index (χ2n) is 2.58. The fourth-order valence-electron chi connectivity index (χ4n) is 1.05. The van der Waals surface area contributed by atoms with Crippen LogP contribution in [0.1, 0.15) is 10.7 Å².